The van der Waals surface area contributed by atoms with Crippen molar-refractivity contribution in [1.29, 1.82) is 0 Å². The summed E-state index contributed by atoms with van der Waals surface area (Å²) in [5.74, 6) is -1.53. The number of fused-ring (bicyclic) bond motifs is 1. The number of hydrogen-bond donors (Lipinski definition) is 0. The van der Waals surface area contributed by atoms with Crippen LogP contribution in [0.15, 0.2) is 83.9 Å². The maximum atomic E-state index is 13.5. The van der Waals surface area contributed by atoms with E-state index >= 15 is 0 Å². The molecule has 1 aliphatic rings. The first-order valence-electron chi connectivity index (χ1n) is 12.4. The zero-order valence-electron chi connectivity index (χ0n) is 20.7. The van der Waals surface area contributed by atoms with Crippen molar-refractivity contribution < 1.29 is 22.0 Å². The predicted octanol–water partition coefficient (Wildman–Crippen LogP) is 4.84. The van der Waals surface area contributed by atoms with Crippen molar-refractivity contribution in [2.24, 2.45) is 0 Å². The van der Waals surface area contributed by atoms with Crippen molar-refractivity contribution >= 4 is 26.6 Å². The number of aromatic nitrogens is 1. The largest absolute Gasteiger partial charge is 0.337 e. The number of rotatable bonds is 6. The van der Waals surface area contributed by atoms with Gasteiger partial charge >= 0.3 is 0 Å². The lowest BCUT2D eigenvalue weighted by molar-refractivity contribution is 0.0761. The maximum Gasteiger partial charge on any atom is 0.253 e. The molecule has 1 aromatic heterocycles. The van der Waals surface area contributed by atoms with Gasteiger partial charge in [-0.25, -0.2) is 17.2 Å². The van der Waals surface area contributed by atoms with Gasteiger partial charge in [-0.15, -0.1) is 0 Å². The van der Waals surface area contributed by atoms with Crippen LogP contribution in [0.2, 0.25) is 0 Å². The summed E-state index contributed by atoms with van der Waals surface area (Å²) < 4.78 is 53.4. The molecule has 0 unspecified atom stereocenters. The van der Waals surface area contributed by atoms with Gasteiger partial charge in [-0.1, -0.05) is 30.3 Å². The van der Waals surface area contributed by atoms with Gasteiger partial charge < -0.3 is 4.90 Å². The Morgan fingerprint density at radius 2 is 1.58 bits per heavy atom. The number of nitrogens with zero attached hydrogens (tertiary/aromatic N) is 3. The van der Waals surface area contributed by atoms with Crippen LogP contribution in [-0.4, -0.2) is 55.3 Å². The molecular weight excluding hydrogens is 508 g/mol. The smallest absolute Gasteiger partial charge is 0.253 e. The van der Waals surface area contributed by atoms with Crippen LogP contribution in [0.3, 0.4) is 0 Å². The van der Waals surface area contributed by atoms with Crippen LogP contribution >= 0.6 is 0 Å². The molecule has 1 aliphatic heterocycles. The number of sulfone groups is 1. The standard InChI is InChI=1S/C29H27F2N3O3S/c30-25-16-22(17-26(31)18-25)19-33-12-3-13-34(15-14-33)29(35)24-9-7-21(8-10-24)20-38(36,37)27-6-1-4-23-5-2-11-32-28(23)27/h1-2,4-11,16-18H,3,12-15,19-20H2. The van der Waals surface area contributed by atoms with E-state index in [0.29, 0.717) is 54.9 Å². The number of amides is 1. The number of halogens is 2. The number of benzene rings is 3. The van der Waals surface area contributed by atoms with Crippen LogP contribution in [0.4, 0.5) is 8.78 Å². The van der Waals surface area contributed by atoms with Crippen LogP contribution in [0.5, 0.6) is 0 Å². The van der Waals surface area contributed by atoms with Gasteiger partial charge in [0.05, 0.1) is 16.2 Å². The molecule has 196 valence electrons. The molecule has 9 heteroatoms. The first kappa shape index (κ1) is 25.9. The van der Waals surface area contributed by atoms with Crippen LogP contribution in [0.25, 0.3) is 10.9 Å². The second-order valence-corrected chi connectivity index (χ2v) is 11.4. The molecule has 0 saturated carbocycles. The van der Waals surface area contributed by atoms with Crippen molar-refractivity contribution in [2.75, 3.05) is 26.2 Å². The van der Waals surface area contributed by atoms with Gasteiger partial charge in [0.15, 0.2) is 9.84 Å². The first-order chi connectivity index (χ1) is 18.3. The Balaban J connectivity index is 1.23. The topological polar surface area (TPSA) is 70.6 Å². The zero-order valence-corrected chi connectivity index (χ0v) is 21.5. The minimum Gasteiger partial charge on any atom is -0.337 e. The summed E-state index contributed by atoms with van der Waals surface area (Å²) in [6.07, 6.45) is 2.31. The Morgan fingerprint density at radius 3 is 2.34 bits per heavy atom. The summed E-state index contributed by atoms with van der Waals surface area (Å²) in [4.78, 5) is 21.4. The van der Waals surface area contributed by atoms with Crippen LogP contribution in [0, 0.1) is 11.6 Å². The Hall–Kier alpha value is -3.69. The van der Waals surface area contributed by atoms with Crippen molar-refractivity contribution in [3.8, 4) is 0 Å². The Labute approximate surface area is 220 Å². The summed E-state index contributed by atoms with van der Waals surface area (Å²) in [5, 5.41) is 0.758. The fraction of sp³-hybridized carbons (Fsp3) is 0.241. The Kier molecular flexibility index (Phi) is 7.49. The Morgan fingerprint density at radius 1 is 0.842 bits per heavy atom. The molecule has 0 bridgehead atoms. The molecule has 0 atom stereocenters. The third-order valence-electron chi connectivity index (χ3n) is 6.69. The predicted molar refractivity (Wildman–Crippen MR) is 141 cm³/mol. The summed E-state index contributed by atoms with van der Waals surface area (Å²) in [6.45, 7) is 2.75. The molecular formula is C29H27F2N3O3S. The van der Waals surface area contributed by atoms with Gasteiger partial charge in [0.1, 0.15) is 11.6 Å². The molecule has 0 aliphatic carbocycles. The molecule has 0 N–H and O–H groups in total. The highest BCUT2D eigenvalue weighted by Gasteiger charge is 2.22. The number of hydrogen-bond acceptors (Lipinski definition) is 5. The number of carbonyl (C=O) groups excluding carboxylic acids is 1. The lowest BCUT2D eigenvalue weighted by Crippen LogP contribution is -2.35. The fourth-order valence-electron chi connectivity index (χ4n) is 4.84. The first-order valence-corrected chi connectivity index (χ1v) is 14.1. The van der Waals surface area contributed by atoms with Crippen LogP contribution in [-0.2, 0) is 22.1 Å². The molecule has 4 aromatic rings. The van der Waals surface area contributed by atoms with Gasteiger partial charge in [-0.05, 0) is 53.9 Å². The SMILES string of the molecule is O=C(c1ccc(CS(=O)(=O)c2cccc3cccnc23)cc1)N1CCCN(Cc2cc(F)cc(F)c2)CC1. The van der Waals surface area contributed by atoms with Crippen LogP contribution in [0.1, 0.15) is 27.9 Å². The molecule has 5 rings (SSSR count). The number of carbonyl (C=O) groups is 1. The molecule has 3 aromatic carbocycles. The van der Waals surface area contributed by atoms with E-state index in [1.165, 1.54) is 12.1 Å². The second-order valence-electron chi connectivity index (χ2n) is 9.49. The van der Waals surface area contributed by atoms with E-state index in [1.54, 1.807) is 53.6 Å². The van der Waals surface area contributed by atoms with Crippen molar-refractivity contribution in [1.82, 2.24) is 14.8 Å². The van der Waals surface area contributed by atoms with Gasteiger partial charge in [-0.3, -0.25) is 14.7 Å². The van der Waals surface area contributed by atoms with E-state index < -0.39 is 21.5 Å². The van der Waals surface area contributed by atoms with E-state index in [0.717, 1.165) is 17.9 Å². The average molecular weight is 536 g/mol. The van der Waals surface area contributed by atoms with E-state index in [1.807, 2.05) is 12.1 Å². The lowest BCUT2D eigenvalue weighted by atomic mass is 10.1. The maximum absolute atomic E-state index is 13.5. The molecule has 1 amide bonds. The highest BCUT2D eigenvalue weighted by Crippen LogP contribution is 2.24. The van der Waals surface area contributed by atoms with Crippen molar-refractivity contribution in [3.63, 3.8) is 0 Å². The van der Waals surface area contributed by atoms with Gasteiger partial charge in [0.25, 0.3) is 5.91 Å². The van der Waals surface area contributed by atoms with E-state index in [4.69, 9.17) is 0 Å². The third-order valence-corrected chi connectivity index (χ3v) is 8.41. The van der Waals surface area contributed by atoms with Gasteiger partial charge in [-0.2, -0.15) is 0 Å². The molecule has 1 fully saturated rings. The fourth-order valence-corrected chi connectivity index (χ4v) is 6.38. The molecule has 1 saturated heterocycles. The summed E-state index contributed by atoms with van der Waals surface area (Å²) >= 11 is 0. The third kappa shape index (κ3) is 5.89. The lowest BCUT2D eigenvalue weighted by Gasteiger charge is -2.22. The van der Waals surface area contributed by atoms with E-state index in [2.05, 4.69) is 9.88 Å². The number of para-hydroxylation sites is 1. The number of pyridine rings is 1. The summed E-state index contributed by atoms with van der Waals surface area (Å²) in [6, 6.07) is 18.9. The molecule has 0 radical (unpaired) electrons. The second kappa shape index (κ2) is 11.0. The summed E-state index contributed by atoms with van der Waals surface area (Å²) in [7, 11) is -3.65. The van der Waals surface area contributed by atoms with Gasteiger partial charge in [0, 0.05) is 55.9 Å². The van der Waals surface area contributed by atoms with E-state index in [9.17, 15) is 22.0 Å². The monoisotopic (exact) mass is 535 g/mol. The van der Waals surface area contributed by atoms with E-state index in [-0.39, 0.29) is 16.6 Å². The van der Waals surface area contributed by atoms with Gasteiger partial charge in [0.2, 0.25) is 0 Å². The highest BCUT2D eigenvalue weighted by molar-refractivity contribution is 7.90. The average Bonchev–Trinajstić information content (AvgIpc) is 3.13. The molecule has 2 heterocycles. The van der Waals surface area contributed by atoms with Crippen LogP contribution < -0.4 is 0 Å². The van der Waals surface area contributed by atoms with Crippen molar-refractivity contribution in [2.45, 2.75) is 23.6 Å². The normalized spacial score (nSPS) is 14.9. The molecule has 0 spiro atoms. The molecule has 6 nitrogen and oxygen atoms in total. The Bertz CT molecular complexity index is 1550. The minimum atomic E-state index is -3.65. The highest BCUT2D eigenvalue weighted by atomic mass is 32.2. The summed E-state index contributed by atoms with van der Waals surface area (Å²) in [5.41, 5.74) is 2.07. The molecule has 38 heavy (non-hydrogen) atoms. The minimum absolute atomic E-state index is 0.128. The zero-order chi connectivity index (χ0) is 26.7. The van der Waals surface area contributed by atoms with Crippen molar-refractivity contribution in [3.05, 3.63) is 107 Å². The quantitative estimate of drug-likeness (QED) is 0.354.